The lowest BCUT2D eigenvalue weighted by molar-refractivity contribution is 0.675. The van der Waals surface area contributed by atoms with Crippen molar-refractivity contribution in [2.75, 3.05) is 11.9 Å². The number of aromatic nitrogens is 4. The van der Waals surface area contributed by atoms with E-state index in [4.69, 9.17) is 0 Å². The summed E-state index contributed by atoms with van der Waals surface area (Å²) in [5, 5.41) is 3.21. The molecule has 0 saturated heterocycles. The molecule has 2 aromatic rings. The van der Waals surface area contributed by atoms with E-state index >= 15 is 0 Å². The molecule has 0 spiro atoms. The molecular weight excluding hydrogens is 246 g/mol. The summed E-state index contributed by atoms with van der Waals surface area (Å²) in [6.07, 6.45) is 0. The summed E-state index contributed by atoms with van der Waals surface area (Å²) >= 11 is 0. The van der Waals surface area contributed by atoms with Crippen LogP contribution >= 0.6 is 0 Å². The van der Waals surface area contributed by atoms with Gasteiger partial charge in [-0.2, -0.15) is 4.98 Å². The van der Waals surface area contributed by atoms with E-state index in [2.05, 4.69) is 29.1 Å². The molecule has 0 aliphatic heterocycles. The van der Waals surface area contributed by atoms with Crippen molar-refractivity contribution in [2.45, 2.75) is 27.3 Å². The second-order valence-electron chi connectivity index (χ2n) is 4.94. The van der Waals surface area contributed by atoms with Crippen LogP contribution in [0.15, 0.2) is 9.59 Å². The maximum atomic E-state index is 11.9. The molecule has 0 amide bonds. The van der Waals surface area contributed by atoms with Gasteiger partial charge in [-0.15, -0.1) is 0 Å². The highest BCUT2D eigenvalue weighted by molar-refractivity contribution is 5.74. The molecule has 104 valence electrons. The smallest absolute Gasteiger partial charge is 0.329 e. The molecule has 0 fully saturated rings. The van der Waals surface area contributed by atoms with Crippen LogP contribution in [0.3, 0.4) is 0 Å². The Balaban J connectivity index is 2.67. The highest BCUT2D eigenvalue weighted by atomic mass is 16.2. The van der Waals surface area contributed by atoms with Gasteiger partial charge in [0.1, 0.15) is 0 Å². The lowest BCUT2D eigenvalue weighted by Gasteiger charge is -2.09. The van der Waals surface area contributed by atoms with Crippen LogP contribution in [-0.2, 0) is 13.6 Å². The Morgan fingerprint density at radius 1 is 1.37 bits per heavy atom. The lowest BCUT2D eigenvalue weighted by Crippen LogP contribution is -2.29. The average molecular weight is 265 g/mol. The first-order chi connectivity index (χ1) is 8.95. The van der Waals surface area contributed by atoms with E-state index in [1.54, 1.807) is 11.6 Å². The third-order valence-corrected chi connectivity index (χ3v) is 2.99. The van der Waals surface area contributed by atoms with Gasteiger partial charge in [0.15, 0.2) is 11.2 Å². The number of aryl methyl sites for hydroxylation is 2. The first kappa shape index (κ1) is 13.4. The normalized spacial score (nSPS) is 11.4. The van der Waals surface area contributed by atoms with Crippen LogP contribution in [0.1, 0.15) is 20.8 Å². The molecule has 7 nitrogen and oxygen atoms in total. The zero-order chi connectivity index (χ0) is 14.2. The number of anilines is 1. The van der Waals surface area contributed by atoms with E-state index in [-0.39, 0.29) is 0 Å². The molecule has 0 radical (unpaired) electrons. The SMILES string of the molecule is CCn1c(NCC(C)C)nc2c1c(=O)[nH]c(=O)n2C. The Kier molecular flexibility index (Phi) is 3.46. The van der Waals surface area contributed by atoms with Crippen LogP contribution in [0.25, 0.3) is 11.2 Å². The van der Waals surface area contributed by atoms with Crippen molar-refractivity contribution < 1.29 is 0 Å². The number of imidazole rings is 1. The fourth-order valence-corrected chi connectivity index (χ4v) is 1.97. The van der Waals surface area contributed by atoms with Crippen LogP contribution in [0.5, 0.6) is 0 Å². The molecule has 0 aliphatic carbocycles. The zero-order valence-corrected chi connectivity index (χ0v) is 11.6. The van der Waals surface area contributed by atoms with Crippen molar-refractivity contribution in [3.8, 4) is 0 Å². The molecule has 0 aliphatic rings. The Labute approximate surface area is 110 Å². The molecule has 19 heavy (non-hydrogen) atoms. The summed E-state index contributed by atoms with van der Waals surface area (Å²) in [5.74, 6) is 1.09. The van der Waals surface area contributed by atoms with E-state index in [0.29, 0.717) is 29.6 Å². The average Bonchev–Trinajstić information content (AvgIpc) is 2.72. The maximum Gasteiger partial charge on any atom is 0.329 e. The van der Waals surface area contributed by atoms with Gasteiger partial charge in [0.25, 0.3) is 5.56 Å². The van der Waals surface area contributed by atoms with Crippen LogP contribution in [-0.4, -0.2) is 25.6 Å². The zero-order valence-electron chi connectivity index (χ0n) is 11.6. The van der Waals surface area contributed by atoms with Crippen molar-refractivity contribution in [1.82, 2.24) is 19.1 Å². The van der Waals surface area contributed by atoms with Gasteiger partial charge in [-0.25, -0.2) is 4.79 Å². The van der Waals surface area contributed by atoms with Crippen molar-refractivity contribution in [1.29, 1.82) is 0 Å². The van der Waals surface area contributed by atoms with Gasteiger partial charge >= 0.3 is 5.69 Å². The second-order valence-corrected chi connectivity index (χ2v) is 4.94. The fraction of sp³-hybridized carbons (Fsp3) is 0.583. The van der Waals surface area contributed by atoms with Gasteiger partial charge in [-0.3, -0.25) is 14.3 Å². The highest BCUT2D eigenvalue weighted by Crippen LogP contribution is 2.15. The largest absolute Gasteiger partial charge is 0.355 e. The number of hydrogen-bond donors (Lipinski definition) is 2. The van der Waals surface area contributed by atoms with E-state index < -0.39 is 11.2 Å². The van der Waals surface area contributed by atoms with Crippen LogP contribution < -0.4 is 16.6 Å². The van der Waals surface area contributed by atoms with Gasteiger partial charge in [0.2, 0.25) is 5.95 Å². The Bertz CT molecular complexity index is 707. The summed E-state index contributed by atoms with van der Waals surface area (Å²) in [5.41, 5.74) is -0.0172. The van der Waals surface area contributed by atoms with E-state index in [0.717, 1.165) is 6.54 Å². The second kappa shape index (κ2) is 4.91. The fourth-order valence-electron chi connectivity index (χ4n) is 1.97. The summed E-state index contributed by atoms with van der Waals surface area (Å²) in [6, 6.07) is 0. The minimum Gasteiger partial charge on any atom is -0.355 e. The third kappa shape index (κ3) is 2.27. The molecule has 0 aromatic carbocycles. The Morgan fingerprint density at radius 2 is 2.05 bits per heavy atom. The van der Waals surface area contributed by atoms with Crippen molar-refractivity contribution in [3.63, 3.8) is 0 Å². The molecule has 2 aromatic heterocycles. The number of hydrogen-bond acceptors (Lipinski definition) is 4. The number of aromatic amines is 1. The number of H-pyrrole nitrogens is 1. The van der Waals surface area contributed by atoms with Crippen LogP contribution in [0, 0.1) is 5.92 Å². The predicted molar refractivity (Wildman–Crippen MR) is 74.6 cm³/mol. The molecule has 2 rings (SSSR count). The monoisotopic (exact) mass is 265 g/mol. The quantitative estimate of drug-likeness (QED) is 0.843. The topological polar surface area (TPSA) is 84.7 Å². The summed E-state index contributed by atoms with van der Waals surface area (Å²) in [6.45, 7) is 7.49. The van der Waals surface area contributed by atoms with Crippen molar-refractivity contribution in [2.24, 2.45) is 13.0 Å². The molecule has 0 saturated carbocycles. The van der Waals surface area contributed by atoms with Crippen LogP contribution in [0.4, 0.5) is 5.95 Å². The molecule has 2 N–H and O–H groups in total. The predicted octanol–water partition coefficient (Wildman–Crippen LogP) is 0.511. The maximum absolute atomic E-state index is 11.9. The molecule has 0 bridgehead atoms. The summed E-state index contributed by atoms with van der Waals surface area (Å²) in [4.78, 5) is 30.2. The number of fused-ring (bicyclic) bond motifs is 1. The van der Waals surface area contributed by atoms with Crippen LogP contribution in [0.2, 0.25) is 0 Å². The Hall–Kier alpha value is -2.05. The number of rotatable bonds is 4. The highest BCUT2D eigenvalue weighted by Gasteiger charge is 2.15. The number of nitrogens with zero attached hydrogens (tertiary/aromatic N) is 3. The molecule has 0 atom stereocenters. The first-order valence-corrected chi connectivity index (χ1v) is 6.39. The van der Waals surface area contributed by atoms with Gasteiger partial charge in [-0.1, -0.05) is 13.8 Å². The van der Waals surface area contributed by atoms with Crippen molar-refractivity contribution in [3.05, 3.63) is 20.8 Å². The summed E-state index contributed by atoms with van der Waals surface area (Å²) < 4.78 is 3.14. The third-order valence-electron chi connectivity index (χ3n) is 2.99. The van der Waals surface area contributed by atoms with E-state index in [1.807, 2.05) is 6.92 Å². The molecule has 2 heterocycles. The van der Waals surface area contributed by atoms with Gasteiger partial charge in [-0.05, 0) is 12.8 Å². The number of nitrogens with one attached hydrogen (secondary N) is 2. The van der Waals surface area contributed by atoms with Gasteiger partial charge in [0.05, 0.1) is 0 Å². The minimum absolute atomic E-state index is 0.398. The molecule has 7 heteroatoms. The lowest BCUT2D eigenvalue weighted by atomic mass is 10.2. The molecule has 0 unspecified atom stereocenters. The van der Waals surface area contributed by atoms with E-state index in [9.17, 15) is 9.59 Å². The van der Waals surface area contributed by atoms with E-state index in [1.165, 1.54) is 4.57 Å². The first-order valence-electron chi connectivity index (χ1n) is 6.39. The standard InChI is InChI=1S/C12H19N5O2/c1-5-17-8-9(14-11(17)13-6-7(2)3)16(4)12(19)15-10(8)18/h7H,5-6H2,1-4H3,(H,13,14)(H,15,18,19). The molecular formula is C12H19N5O2. The Morgan fingerprint density at radius 3 is 2.63 bits per heavy atom. The summed E-state index contributed by atoms with van der Waals surface area (Å²) in [7, 11) is 1.60. The van der Waals surface area contributed by atoms with Gasteiger partial charge < -0.3 is 9.88 Å². The minimum atomic E-state index is -0.450. The van der Waals surface area contributed by atoms with Gasteiger partial charge in [0, 0.05) is 20.1 Å². The van der Waals surface area contributed by atoms with Crippen molar-refractivity contribution >= 4 is 17.1 Å².